The van der Waals surface area contributed by atoms with E-state index in [0.717, 1.165) is 17.2 Å². The molecule has 1 aliphatic carbocycles. The zero-order chi connectivity index (χ0) is 19.8. The number of benzene rings is 2. The lowest BCUT2D eigenvalue weighted by Gasteiger charge is -2.13. The van der Waals surface area contributed by atoms with Crippen LogP contribution in [0.15, 0.2) is 42.5 Å². The van der Waals surface area contributed by atoms with E-state index in [-0.39, 0.29) is 11.6 Å². The van der Waals surface area contributed by atoms with Crippen molar-refractivity contribution in [2.75, 3.05) is 10.6 Å². The normalized spacial score (nSPS) is 18.7. The minimum absolute atomic E-state index is 0.296. The van der Waals surface area contributed by atoms with Gasteiger partial charge in [-0.3, -0.25) is 9.59 Å². The van der Waals surface area contributed by atoms with Crippen LogP contribution >= 0.6 is 0 Å². The van der Waals surface area contributed by atoms with E-state index in [2.05, 4.69) is 10.6 Å². The first-order valence-electron chi connectivity index (χ1n) is 8.52. The lowest BCUT2D eigenvalue weighted by atomic mass is 10.1. The predicted molar refractivity (Wildman–Crippen MR) is 96.2 cm³/mol. The molecule has 0 bridgehead atoms. The van der Waals surface area contributed by atoms with Crippen molar-refractivity contribution in [2.45, 2.75) is 26.4 Å². The maximum atomic E-state index is 13.0. The second kappa shape index (κ2) is 7.06. The van der Waals surface area contributed by atoms with E-state index in [1.165, 1.54) is 18.2 Å². The Morgan fingerprint density at radius 3 is 2.15 bits per heavy atom. The number of nitrogens with one attached hydrogen (secondary N) is 2. The Kier molecular flexibility index (Phi) is 4.95. The van der Waals surface area contributed by atoms with Gasteiger partial charge in [-0.2, -0.15) is 13.2 Å². The van der Waals surface area contributed by atoms with Gasteiger partial charge < -0.3 is 10.6 Å². The van der Waals surface area contributed by atoms with Crippen molar-refractivity contribution in [1.29, 1.82) is 0 Å². The van der Waals surface area contributed by atoms with Crippen LogP contribution in [0.4, 0.5) is 24.5 Å². The van der Waals surface area contributed by atoms with Gasteiger partial charge in [0.1, 0.15) is 0 Å². The van der Waals surface area contributed by atoms with Crippen LogP contribution in [0.2, 0.25) is 0 Å². The number of hydrogen-bond donors (Lipinski definition) is 2. The molecule has 2 amide bonds. The van der Waals surface area contributed by atoms with Gasteiger partial charge in [0, 0.05) is 5.69 Å². The fourth-order valence-corrected chi connectivity index (χ4v) is 2.94. The second-order valence-corrected chi connectivity index (χ2v) is 6.79. The Labute approximate surface area is 154 Å². The van der Waals surface area contributed by atoms with Crippen LogP contribution in [-0.4, -0.2) is 11.8 Å². The first-order chi connectivity index (χ1) is 12.7. The van der Waals surface area contributed by atoms with E-state index in [1.807, 2.05) is 32.0 Å². The molecule has 27 heavy (non-hydrogen) atoms. The van der Waals surface area contributed by atoms with E-state index in [9.17, 15) is 22.8 Å². The summed E-state index contributed by atoms with van der Waals surface area (Å²) in [6.45, 7) is 3.76. The number of aryl methyl sites for hydroxylation is 2. The van der Waals surface area contributed by atoms with E-state index < -0.39 is 29.5 Å². The number of anilines is 2. The molecular formula is C20H19F3N2O2. The van der Waals surface area contributed by atoms with Crippen molar-refractivity contribution in [2.24, 2.45) is 11.8 Å². The number of alkyl halides is 3. The Morgan fingerprint density at radius 1 is 0.926 bits per heavy atom. The monoisotopic (exact) mass is 376 g/mol. The van der Waals surface area contributed by atoms with Gasteiger partial charge in [0.15, 0.2) is 0 Å². The van der Waals surface area contributed by atoms with Crippen molar-refractivity contribution in [3.05, 3.63) is 59.2 Å². The molecule has 2 unspecified atom stereocenters. The number of carbonyl (C=O) groups excluding carboxylic acids is 2. The first-order valence-corrected chi connectivity index (χ1v) is 8.52. The van der Waals surface area contributed by atoms with Gasteiger partial charge in [-0.15, -0.1) is 0 Å². The van der Waals surface area contributed by atoms with Crippen LogP contribution in [0.3, 0.4) is 0 Å². The number of halogens is 3. The first kappa shape index (κ1) is 18.9. The van der Waals surface area contributed by atoms with Gasteiger partial charge in [-0.05, 0) is 49.6 Å². The fraction of sp³-hybridized carbons (Fsp3) is 0.300. The van der Waals surface area contributed by atoms with Gasteiger partial charge >= 0.3 is 6.18 Å². The SMILES string of the molecule is Cc1ccc(C)c(NC(=O)C2CC2C(=O)Nc2ccccc2C(F)(F)F)c1. The molecule has 4 nitrogen and oxygen atoms in total. The molecule has 1 aliphatic rings. The number of amides is 2. The third kappa shape index (κ3) is 4.30. The molecule has 2 N–H and O–H groups in total. The van der Waals surface area contributed by atoms with Crippen LogP contribution in [0.25, 0.3) is 0 Å². The Bertz CT molecular complexity index is 893. The molecule has 2 aromatic carbocycles. The van der Waals surface area contributed by atoms with Gasteiger partial charge in [-0.1, -0.05) is 24.3 Å². The molecular weight excluding hydrogens is 357 g/mol. The highest BCUT2D eigenvalue weighted by molar-refractivity contribution is 6.03. The average Bonchev–Trinajstić information content (AvgIpc) is 3.38. The van der Waals surface area contributed by atoms with Crippen LogP contribution in [-0.2, 0) is 15.8 Å². The van der Waals surface area contributed by atoms with Gasteiger partial charge in [-0.25, -0.2) is 0 Å². The fourth-order valence-electron chi connectivity index (χ4n) is 2.94. The summed E-state index contributed by atoms with van der Waals surface area (Å²) >= 11 is 0. The summed E-state index contributed by atoms with van der Waals surface area (Å²) in [6.07, 6.45) is -4.25. The van der Waals surface area contributed by atoms with Gasteiger partial charge in [0.25, 0.3) is 0 Å². The van der Waals surface area contributed by atoms with Gasteiger partial charge in [0.2, 0.25) is 11.8 Å². The lowest BCUT2D eigenvalue weighted by Crippen LogP contribution is -2.22. The third-order valence-corrected chi connectivity index (χ3v) is 4.61. The second-order valence-electron chi connectivity index (χ2n) is 6.79. The van der Waals surface area contributed by atoms with Crippen LogP contribution in [0.1, 0.15) is 23.1 Å². The molecule has 0 spiro atoms. The lowest BCUT2D eigenvalue weighted by molar-refractivity contribution is -0.137. The molecule has 2 atom stereocenters. The van der Waals surface area contributed by atoms with E-state index in [0.29, 0.717) is 12.1 Å². The topological polar surface area (TPSA) is 58.2 Å². The van der Waals surface area contributed by atoms with Crippen molar-refractivity contribution < 1.29 is 22.8 Å². The summed E-state index contributed by atoms with van der Waals surface area (Å²) in [7, 11) is 0. The zero-order valence-corrected chi connectivity index (χ0v) is 14.9. The number of para-hydroxylation sites is 1. The van der Waals surface area contributed by atoms with Crippen LogP contribution < -0.4 is 10.6 Å². The third-order valence-electron chi connectivity index (χ3n) is 4.61. The highest BCUT2D eigenvalue weighted by Crippen LogP contribution is 2.41. The summed E-state index contributed by atoms with van der Waals surface area (Å²) in [6, 6.07) is 10.4. The maximum Gasteiger partial charge on any atom is 0.418 e. The van der Waals surface area contributed by atoms with Crippen molar-refractivity contribution >= 4 is 23.2 Å². The molecule has 142 valence electrons. The van der Waals surface area contributed by atoms with Crippen molar-refractivity contribution in [3.63, 3.8) is 0 Å². The standard InChI is InChI=1S/C20H19F3N2O2/c1-11-7-8-12(2)17(9-11)25-19(27)14-10-13(14)18(26)24-16-6-4-3-5-15(16)20(21,22)23/h3-9,13-14H,10H2,1-2H3,(H,24,26)(H,25,27). The minimum atomic E-state index is -4.56. The average molecular weight is 376 g/mol. The van der Waals surface area contributed by atoms with E-state index in [1.54, 1.807) is 0 Å². The summed E-state index contributed by atoms with van der Waals surface area (Å²) in [5, 5.41) is 5.11. The van der Waals surface area contributed by atoms with E-state index >= 15 is 0 Å². The smallest absolute Gasteiger partial charge is 0.326 e. The Morgan fingerprint density at radius 2 is 1.52 bits per heavy atom. The van der Waals surface area contributed by atoms with Gasteiger partial charge in [0.05, 0.1) is 23.1 Å². The predicted octanol–water partition coefficient (Wildman–Crippen LogP) is 4.54. The Hall–Kier alpha value is -2.83. The molecule has 3 rings (SSSR count). The van der Waals surface area contributed by atoms with Crippen molar-refractivity contribution in [3.8, 4) is 0 Å². The zero-order valence-electron chi connectivity index (χ0n) is 14.9. The maximum absolute atomic E-state index is 13.0. The van der Waals surface area contributed by atoms with Crippen LogP contribution in [0.5, 0.6) is 0 Å². The molecule has 0 aliphatic heterocycles. The molecule has 1 saturated carbocycles. The molecule has 2 aromatic rings. The molecule has 7 heteroatoms. The highest BCUT2D eigenvalue weighted by Gasteiger charge is 2.48. The summed E-state index contributed by atoms with van der Waals surface area (Å²) in [4.78, 5) is 24.6. The summed E-state index contributed by atoms with van der Waals surface area (Å²) in [5.74, 6) is -2.04. The molecule has 0 radical (unpaired) electrons. The van der Waals surface area contributed by atoms with Crippen LogP contribution in [0, 0.1) is 25.7 Å². The number of carbonyl (C=O) groups is 2. The Balaban J connectivity index is 1.64. The van der Waals surface area contributed by atoms with Crippen molar-refractivity contribution in [1.82, 2.24) is 0 Å². The van der Waals surface area contributed by atoms with E-state index in [4.69, 9.17) is 0 Å². The number of hydrogen-bond acceptors (Lipinski definition) is 2. The highest BCUT2D eigenvalue weighted by atomic mass is 19.4. The number of rotatable bonds is 4. The molecule has 0 heterocycles. The quantitative estimate of drug-likeness (QED) is 0.823. The largest absolute Gasteiger partial charge is 0.418 e. The molecule has 0 aromatic heterocycles. The summed E-state index contributed by atoms with van der Waals surface area (Å²) in [5.41, 5.74) is 1.36. The molecule has 1 fully saturated rings. The molecule has 0 saturated heterocycles. The summed E-state index contributed by atoms with van der Waals surface area (Å²) < 4.78 is 39.1. The minimum Gasteiger partial charge on any atom is -0.326 e.